The number of imide groups is 1. The molecule has 3 amide bonds. The minimum Gasteiger partial charge on any atom is -0.320 e. The fourth-order valence-corrected chi connectivity index (χ4v) is 1.56. The molecule has 0 aromatic rings. The summed E-state index contributed by atoms with van der Waals surface area (Å²) in [6.45, 7) is 3.67. The van der Waals surface area contributed by atoms with Crippen LogP contribution in [0.4, 0.5) is 31.1 Å². The fourth-order valence-electron chi connectivity index (χ4n) is 1.56. The summed E-state index contributed by atoms with van der Waals surface area (Å²) in [4.78, 5) is 22.7. The number of alkyl halides is 6. The van der Waals surface area contributed by atoms with Crippen LogP contribution in [0.1, 0.15) is 6.92 Å². The van der Waals surface area contributed by atoms with Gasteiger partial charge in [0.1, 0.15) is 5.54 Å². The molecule has 4 nitrogen and oxygen atoms in total. The molecule has 22 heavy (non-hydrogen) atoms. The number of carbonyl (C=O) groups is 2. The summed E-state index contributed by atoms with van der Waals surface area (Å²) in [6.07, 6.45) is -9.50. The van der Waals surface area contributed by atoms with Gasteiger partial charge >= 0.3 is 18.4 Å². The summed E-state index contributed by atoms with van der Waals surface area (Å²) in [5, 5.41) is 3.72. The first-order chi connectivity index (χ1) is 9.75. The second-order valence-corrected chi connectivity index (χ2v) is 4.53. The lowest BCUT2D eigenvalue weighted by atomic mass is 9.89. The molecule has 1 aliphatic heterocycles. The van der Waals surface area contributed by atoms with Crippen LogP contribution in [0.2, 0.25) is 0 Å². The van der Waals surface area contributed by atoms with E-state index in [1.54, 1.807) is 5.32 Å². The molecule has 0 radical (unpaired) electrons. The SMILES string of the molecule is C=C(/C=C(\C=C\C(F)(F)F)C1(C)NC(=O)NC1=O)C(F)(F)F. The average molecular weight is 328 g/mol. The highest BCUT2D eigenvalue weighted by atomic mass is 19.4. The molecular formula is C12H10F6N2O2. The normalized spacial score (nSPS) is 23.7. The quantitative estimate of drug-likeness (QED) is 0.475. The molecule has 1 heterocycles. The highest BCUT2D eigenvalue weighted by Gasteiger charge is 2.45. The molecule has 1 saturated heterocycles. The van der Waals surface area contributed by atoms with Gasteiger partial charge < -0.3 is 5.32 Å². The highest BCUT2D eigenvalue weighted by Crippen LogP contribution is 2.31. The smallest absolute Gasteiger partial charge is 0.320 e. The second kappa shape index (κ2) is 5.50. The Hall–Kier alpha value is -2.26. The molecule has 1 fully saturated rings. The Balaban J connectivity index is 3.32. The maximum absolute atomic E-state index is 12.5. The molecule has 1 aliphatic rings. The van der Waals surface area contributed by atoms with Crippen molar-refractivity contribution in [1.29, 1.82) is 0 Å². The van der Waals surface area contributed by atoms with E-state index in [2.05, 4.69) is 6.58 Å². The van der Waals surface area contributed by atoms with E-state index in [1.807, 2.05) is 5.32 Å². The van der Waals surface area contributed by atoms with Crippen molar-refractivity contribution in [3.63, 3.8) is 0 Å². The molecule has 1 rings (SSSR count). The maximum Gasteiger partial charge on any atom is 0.415 e. The molecule has 0 aliphatic carbocycles. The van der Waals surface area contributed by atoms with Gasteiger partial charge in [-0.05, 0) is 18.6 Å². The predicted molar refractivity (Wildman–Crippen MR) is 63.6 cm³/mol. The zero-order valence-electron chi connectivity index (χ0n) is 11.0. The number of rotatable bonds is 3. The van der Waals surface area contributed by atoms with E-state index < -0.39 is 41.0 Å². The van der Waals surface area contributed by atoms with E-state index in [-0.39, 0.29) is 18.2 Å². The third-order valence-electron chi connectivity index (χ3n) is 2.77. The van der Waals surface area contributed by atoms with Gasteiger partial charge in [0.25, 0.3) is 5.91 Å². The lowest BCUT2D eigenvalue weighted by Gasteiger charge is -2.23. The number of amides is 3. The zero-order chi connectivity index (χ0) is 17.3. The molecule has 2 N–H and O–H groups in total. The average Bonchev–Trinajstić information content (AvgIpc) is 2.56. The van der Waals surface area contributed by atoms with Crippen molar-refractivity contribution in [2.75, 3.05) is 0 Å². The molecular weight excluding hydrogens is 318 g/mol. The van der Waals surface area contributed by atoms with Gasteiger partial charge in [0.15, 0.2) is 0 Å². The number of carbonyl (C=O) groups excluding carboxylic acids is 2. The summed E-state index contributed by atoms with van der Waals surface area (Å²) in [6, 6.07) is -1.03. The summed E-state index contributed by atoms with van der Waals surface area (Å²) in [5.74, 6) is -1.08. The Bertz CT molecular complexity index is 573. The Morgan fingerprint density at radius 2 is 1.73 bits per heavy atom. The molecule has 1 atom stereocenters. The van der Waals surface area contributed by atoms with E-state index in [4.69, 9.17) is 0 Å². The van der Waals surface area contributed by atoms with Gasteiger partial charge in [-0.1, -0.05) is 12.7 Å². The first kappa shape index (κ1) is 17.8. The molecule has 10 heteroatoms. The molecule has 1 unspecified atom stereocenters. The van der Waals surface area contributed by atoms with Crippen molar-refractivity contribution < 1.29 is 35.9 Å². The van der Waals surface area contributed by atoms with E-state index in [1.165, 1.54) is 0 Å². The number of hydrogen-bond acceptors (Lipinski definition) is 2. The lowest BCUT2D eigenvalue weighted by Crippen LogP contribution is -2.45. The van der Waals surface area contributed by atoms with Crippen molar-refractivity contribution in [3.8, 4) is 0 Å². The zero-order valence-corrected chi connectivity index (χ0v) is 11.0. The van der Waals surface area contributed by atoms with Crippen LogP contribution in [0.5, 0.6) is 0 Å². The van der Waals surface area contributed by atoms with Gasteiger partial charge in [-0.25, -0.2) is 4.79 Å². The van der Waals surface area contributed by atoms with Gasteiger partial charge in [-0.2, -0.15) is 26.3 Å². The minimum absolute atomic E-state index is 0.271. The lowest BCUT2D eigenvalue weighted by molar-refractivity contribution is -0.122. The Labute approximate surface area is 120 Å². The van der Waals surface area contributed by atoms with Crippen molar-refractivity contribution >= 4 is 11.9 Å². The first-order valence-corrected chi connectivity index (χ1v) is 5.63. The van der Waals surface area contributed by atoms with Crippen molar-refractivity contribution in [2.45, 2.75) is 24.8 Å². The molecule has 122 valence electrons. The monoisotopic (exact) mass is 328 g/mol. The van der Waals surface area contributed by atoms with Crippen LogP contribution in [0.3, 0.4) is 0 Å². The summed E-state index contributed by atoms with van der Waals surface area (Å²) >= 11 is 0. The van der Waals surface area contributed by atoms with E-state index in [0.29, 0.717) is 0 Å². The predicted octanol–water partition coefficient (Wildman–Crippen LogP) is 2.75. The third-order valence-corrected chi connectivity index (χ3v) is 2.77. The van der Waals surface area contributed by atoms with Crippen LogP contribution in [0, 0.1) is 0 Å². The number of hydrogen-bond donors (Lipinski definition) is 2. The second-order valence-electron chi connectivity index (χ2n) is 4.53. The topological polar surface area (TPSA) is 58.2 Å². The number of nitrogens with one attached hydrogen (secondary N) is 2. The Morgan fingerprint density at radius 3 is 2.09 bits per heavy atom. The highest BCUT2D eigenvalue weighted by molar-refractivity contribution is 6.09. The van der Waals surface area contributed by atoms with Crippen LogP contribution in [0.25, 0.3) is 0 Å². The standard InChI is InChI=1S/C12H10F6N2O2/c1-6(12(16,17)18)5-7(3-4-11(13,14)15)10(2)8(21)19-9(22)20-10/h3-5H,1H2,2H3,(H2,19,20,21,22)/b4-3+,7-5+. The largest absolute Gasteiger partial charge is 0.415 e. The Kier molecular flexibility index (Phi) is 4.45. The number of halogens is 6. The third kappa shape index (κ3) is 4.12. The van der Waals surface area contributed by atoms with Crippen LogP contribution in [-0.4, -0.2) is 29.8 Å². The van der Waals surface area contributed by atoms with Gasteiger partial charge in [-0.3, -0.25) is 10.1 Å². The maximum atomic E-state index is 12.5. The van der Waals surface area contributed by atoms with Crippen LogP contribution < -0.4 is 10.6 Å². The Morgan fingerprint density at radius 1 is 1.18 bits per heavy atom. The van der Waals surface area contributed by atoms with Gasteiger partial charge in [0, 0.05) is 11.6 Å². The van der Waals surface area contributed by atoms with Crippen LogP contribution in [0.15, 0.2) is 36.0 Å². The van der Waals surface area contributed by atoms with Gasteiger partial charge in [0.2, 0.25) is 0 Å². The molecule has 0 aromatic heterocycles. The number of urea groups is 1. The molecule has 0 bridgehead atoms. The number of allylic oxidation sites excluding steroid dienone is 3. The summed E-state index contributed by atoms with van der Waals surface area (Å²) in [5.41, 5.74) is -4.26. The van der Waals surface area contributed by atoms with Gasteiger partial charge in [0.05, 0.1) is 0 Å². The molecule has 0 saturated carbocycles. The first-order valence-electron chi connectivity index (χ1n) is 5.63. The van der Waals surface area contributed by atoms with E-state index >= 15 is 0 Å². The fraction of sp³-hybridized carbons (Fsp3) is 0.333. The van der Waals surface area contributed by atoms with Crippen molar-refractivity contribution in [2.24, 2.45) is 0 Å². The molecule has 0 spiro atoms. The van der Waals surface area contributed by atoms with Crippen LogP contribution in [-0.2, 0) is 4.79 Å². The summed E-state index contributed by atoms with van der Waals surface area (Å²) in [7, 11) is 0. The van der Waals surface area contributed by atoms with Crippen molar-refractivity contribution in [3.05, 3.63) is 36.0 Å². The minimum atomic E-state index is -4.90. The summed E-state index contributed by atoms with van der Waals surface area (Å²) < 4.78 is 74.2. The van der Waals surface area contributed by atoms with Crippen molar-refractivity contribution in [1.82, 2.24) is 10.6 Å². The van der Waals surface area contributed by atoms with E-state index in [0.717, 1.165) is 6.92 Å². The van der Waals surface area contributed by atoms with Crippen LogP contribution >= 0.6 is 0 Å². The van der Waals surface area contributed by atoms with Gasteiger partial charge in [-0.15, -0.1) is 0 Å². The molecule has 0 aromatic carbocycles. The van der Waals surface area contributed by atoms with E-state index in [9.17, 15) is 35.9 Å².